The lowest BCUT2D eigenvalue weighted by atomic mass is 10.1. The Balaban J connectivity index is 1.94. The number of nitrogens with zero attached hydrogens (tertiary/aromatic N) is 2. The standard InChI is InChI=1S/C19H15N3O8S/c1-22-9-15(19(27)28)16(20-22)10-2-4-13(5-3-10)21-31(29,30)14-7-11(17(23)24)6-12(8-14)18(25)26/h2-9,21H,1H3,(H,23,24)(H,25,26)(H,27,28). The molecule has 1 aromatic heterocycles. The summed E-state index contributed by atoms with van der Waals surface area (Å²) in [5.74, 6) is -4.12. The lowest BCUT2D eigenvalue weighted by Crippen LogP contribution is -2.15. The summed E-state index contributed by atoms with van der Waals surface area (Å²) in [6.45, 7) is 0. The Hall–Kier alpha value is -4.19. The van der Waals surface area contributed by atoms with Crippen molar-refractivity contribution in [3.05, 3.63) is 65.4 Å². The van der Waals surface area contributed by atoms with Crippen LogP contribution in [0.4, 0.5) is 5.69 Å². The molecule has 0 aliphatic rings. The van der Waals surface area contributed by atoms with Gasteiger partial charge in [0.2, 0.25) is 0 Å². The fourth-order valence-electron chi connectivity index (χ4n) is 2.77. The number of carboxylic acids is 3. The monoisotopic (exact) mass is 445 g/mol. The number of anilines is 1. The molecule has 0 amide bonds. The Kier molecular flexibility index (Phi) is 5.49. The van der Waals surface area contributed by atoms with Crippen LogP contribution in [0, 0.1) is 0 Å². The van der Waals surface area contributed by atoms with Crippen molar-refractivity contribution in [2.45, 2.75) is 4.90 Å². The first kappa shape index (κ1) is 21.5. The van der Waals surface area contributed by atoms with E-state index in [1.165, 1.54) is 35.1 Å². The maximum Gasteiger partial charge on any atom is 0.339 e. The molecule has 160 valence electrons. The van der Waals surface area contributed by atoms with Crippen molar-refractivity contribution in [2.75, 3.05) is 4.72 Å². The number of sulfonamides is 1. The Morgan fingerprint density at radius 3 is 1.94 bits per heavy atom. The van der Waals surface area contributed by atoms with Crippen LogP contribution in [0.5, 0.6) is 0 Å². The summed E-state index contributed by atoms with van der Waals surface area (Å²) in [4.78, 5) is 33.2. The summed E-state index contributed by atoms with van der Waals surface area (Å²) in [6.07, 6.45) is 1.34. The first-order valence-corrected chi connectivity index (χ1v) is 9.98. The smallest absolute Gasteiger partial charge is 0.339 e. The Bertz CT molecular complexity index is 1280. The predicted octanol–water partition coefficient (Wildman–Crippen LogP) is 1.98. The van der Waals surface area contributed by atoms with Gasteiger partial charge in [-0.1, -0.05) is 12.1 Å². The fraction of sp³-hybridized carbons (Fsp3) is 0.0526. The van der Waals surface area contributed by atoms with Gasteiger partial charge in [-0.3, -0.25) is 9.40 Å². The van der Waals surface area contributed by atoms with Crippen molar-refractivity contribution in [3.63, 3.8) is 0 Å². The molecular weight excluding hydrogens is 430 g/mol. The van der Waals surface area contributed by atoms with Crippen molar-refractivity contribution in [1.82, 2.24) is 9.78 Å². The normalized spacial score (nSPS) is 11.1. The molecule has 1 heterocycles. The van der Waals surface area contributed by atoms with Gasteiger partial charge in [-0.25, -0.2) is 22.8 Å². The second kappa shape index (κ2) is 7.91. The average molecular weight is 445 g/mol. The van der Waals surface area contributed by atoms with E-state index in [-0.39, 0.29) is 16.9 Å². The van der Waals surface area contributed by atoms with Gasteiger partial charge in [-0.05, 0) is 30.3 Å². The highest BCUT2D eigenvalue weighted by Gasteiger charge is 2.21. The summed E-state index contributed by atoms with van der Waals surface area (Å²) < 4.78 is 28.9. The van der Waals surface area contributed by atoms with E-state index >= 15 is 0 Å². The molecule has 0 bridgehead atoms. The van der Waals surface area contributed by atoms with Gasteiger partial charge in [-0.2, -0.15) is 5.10 Å². The highest BCUT2D eigenvalue weighted by molar-refractivity contribution is 7.92. The molecule has 12 heteroatoms. The van der Waals surface area contributed by atoms with Crippen LogP contribution >= 0.6 is 0 Å². The third-order valence-corrected chi connectivity index (χ3v) is 5.54. The van der Waals surface area contributed by atoms with Crippen molar-refractivity contribution in [2.24, 2.45) is 7.05 Å². The summed E-state index contributed by atoms with van der Waals surface area (Å²) in [5, 5.41) is 31.6. The van der Waals surface area contributed by atoms with Gasteiger partial charge < -0.3 is 15.3 Å². The molecule has 3 rings (SSSR count). The SMILES string of the molecule is Cn1cc(C(=O)O)c(-c2ccc(NS(=O)(=O)c3cc(C(=O)O)cc(C(=O)O)c3)cc2)n1. The second-order valence-corrected chi connectivity index (χ2v) is 8.09. The molecular formula is C19H15N3O8S. The minimum absolute atomic E-state index is 0.0254. The molecule has 3 aromatic rings. The summed E-state index contributed by atoms with van der Waals surface area (Å²) in [5.41, 5.74) is -0.290. The number of aromatic nitrogens is 2. The molecule has 0 saturated carbocycles. The number of aryl methyl sites for hydroxylation is 1. The van der Waals surface area contributed by atoms with Crippen LogP contribution in [-0.2, 0) is 17.1 Å². The maximum absolute atomic E-state index is 12.7. The first-order valence-electron chi connectivity index (χ1n) is 8.50. The molecule has 4 N–H and O–H groups in total. The van der Waals surface area contributed by atoms with Crippen molar-refractivity contribution in [1.29, 1.82) is 0 Å². The number of carbonyl (C=O) groups is 3. The van der Waals surface area contributed by atoms with Crippen LogP contribution in [0.15, 0.2) is 53.6 Å². The van der Waals surface area contributed by atoms with Crippen molar-refractivity contribution in [3.8, 4) is 11.3 Å². The second-order valence-electron chi connectivity index (χ2n) is 6.41. The molecule has 0 saturated heterocycles. The van der Waals surface area contributed by atoms with E-state index in [1.54, 1.807) is 7.05 Å². The van der Waals surface area contributed by atoms with Crippen molar-refractivity contribution >= 4 is 33.6 Å². The molecule has 0 spiro atoms. The molecule has 0 fully saturated rings. The Labute approximate surface area is 175 Å². The molecule has 11 nitrogen and oxygen atoms in total. The number of aromatic carboxylic acids is 3. The van der Waals surface area contributed by atoms with Crippen LogP contribution in [0.1, 0.15) is 31.1 Å². The number of benzene rings is 2. The van der Waals surface area contributed by atoms with Crippen LogP contribution < -0.4 is 4.72 Å². The number of nitrogens with one attached hydrogen (secondary N) is 1. The van der Waals surface area contributed by atoms with Gasteiger partial charge in [-0.15, -0.1) is 0 Å². The maximum atomic E-state index is 12.7. The van der Waals surface area contributed by atoms with E-state index < -0.39 is 44.0 Å². The molecule has 0 radical (unpaired) electrons. The van der Waals surface area contributed by atoms with Gasteiger partial charge in [0.25, 0.3) is 10.0 Å². The molecule has 0 atom stereocenters. The number of rotatable bonds is 7. The summed E-state index contributed by atoms with van der Waals surface area (Å²) in [7, 11) is -2.75. The Morgan fingerprint density at radius 1 is 0.903 bits per heavy atom. The Morgan fingerprint density at radius 2 is 1.45 bits per heavy atom. The van der Waals surface area contributed by atoms with E-state index in [0.717, 1.165) is 18.2 Å². The quantitative estimate of drug-likeness (QED) is 0.423. The van der Waals surface area contributed by atoms with Crippen LogP contribution in [0.25, 0.3) is 11.3 Å². The minimum Gasteiger partial charge on any atom is -0.478 e. The number of hydrogen-bond donors (Lipinski definition) is 4. The first-order chi connectivity index (χ1) is 14.5. The third kappa shape index (κ3) is 4.53. The van der Waals surface area contributed by atoms with Crippen molar-refractivity contribution < 1.29 is 38.1 Å². The largest absolute Gasteiger partial charge is 0.478 e. The van der Waals surface area contributed by atoms with E-state index in [4.69, 9.17) is 10.2 Å². The highest BCUT2D eigenvalue weighted by atomic mass is 32.2. The zero-order valence-corrected chi connectivity index (χ0v) is 16.6. The molecule has 31 heavy (non-hydrogen) atoms. The molecule has 0 aliphatic heterocycles. The van der Waals surface area contributed by atoms with E-state index in [2.05, 4.69) is 9.82 Å². The van der Waals surface area contributed by atoms with Crippen LogP contribution in [0.2, 0.25) is 0 Å². The third-order valence-electron chi connectivity index (χ3n) is 4.18. The highest BCUT2D eigenvalue weighted by Crippen LogP contribution is 2.25. The fourth-order valence-corrected chi connectivity index (χ4v) is 3.90. The van der Waals surface area contributed by atoms with Gasteiger partial charge >= 0.3 is 17.9 Å². The number of hydrogen-bond acceptors (Lipinski definition) is 6. The number of carboxylic acid groups (broad SMARTS) is 3. The summed E-state index contributed by atoms with van der Waals surface area (Å²) >= 11 is 0. The van der Waals surface area contributed by atoms with Crippen LogP contribution in [0.3, 0.4) is 0 Å². The minimum atomic E-state index is -4.31. The van der Waals surface area contributed by atoms with Gasteiger partial charge in [0.1, 0.15) is 11.3 Å². The van der Waals surface area contributed by atoms with Crippen LogP contribution in [-0.4, -0.2) is 51.4 Å². The molecule has 0 aliphatic carbocycles. The van der Waals surface area contributed by atoms with Gasteiger partial charge in [0.15, 0.2) is 0 Å². The molecule has 2 aromatic carbocycles. The van der Waals surface area contributed by atoms with Gasteiger partial charge in [0.05, 0.1) is 16.0 Å². The van der Waals surface area contributed by atoms with E-state index in [1.807, 2.05) is 0 Å². The zero-order valence-electron chi connectivity index (χ0n) is 15.8. The topological polar surface area (TPSA) is 176 Å². The lowest BCUT2D eigenvalue weighted by Gasteiger charge is -2.10. The summed E-state index contributed by atoms with van der Waals surface area (Å²) in [6, 6.07) is 8.20. The lowest BCUT2D eigenvalue weighted by molar-refractivity contribution is 0.0682. The van der Waals surface area contributed by atoms with E-state index in [9.17, 15) is 27.9 Å². The predicted molar refractivity (Wildman–Crippen MR) is 107 cm³/mol. The average Bonchev–Trinajstić information content (AvgIpc) is 3.10. The van der Waals surface area contributed by atoms with E-state index in [0.29, 0.717) is 5.56 Å². The van der Waals surface area contributed by atoms with Gasteiger partial charge in [0, 0.05) is 24.5 Å². The molecule has 0 unspecified atom stereocenters. The zero-order chi connectivity index (χ0) is 22.9.